The predicted octanol–water partition coefficient (Wildman–Crippen LogP) is 4.42. The van der Waals surface area contributed by atoms with Gasteiger partial charge in [-0.3, -0.25) is 0 Å². The summed E-state index contributed by atoms with van der Waals surface area (Å²) >= 11 is 5.96. The summed E-state index contributed by atoms with van der Waals surface area (Å²) in [5, 5.41) is 0.688. The van der Waals surface area contributed by atoms with Gasteiger partial charge in [-0.2, -0.15) is 0 Å². The van der Waals surface area contributed by atoms with Gasteiger partial charge in [0.05, 0.1) is 0 Å². The Hall–Kier alpha value is -1.06. The molecule has 20 heavy (non-hydrogen) atoms. The fourth-order valence-corrected chi connectivity index (χ4v) is 2.73. The smallest absolute Gasteiger partial charge is 0.195 e. The molecule has 0 amide bonds. The van der Waals surface area contributed by atoms with Crippen molar-refractivity contribution in [1.29, 1.82) is 0 Å². The number of halogens is 1. The second kappa shape index (κ2) is 6.15. The summed E-state index contributed by atoms with van der Waals surface area (Å²) in [6.07, 6.45) is 2.92. The molecule has 1 unspecified atom stereocenters. The number of benzene rings is 1. The Balaban J connectivity index is 2.07. The molecule has 0 bridgehead atoms. The molecule has 2 aromatic rings. The molecule has 0 spiro atoms. The first-order valence-corrected chi connectivity index (χ1v) is 7.53. The second-order valence-electron chi connectivity index (χ2n) is 6.40. The number of nitrogens with zero attached hydrogens (tertiary/aromatic N) is 1. The molecule has 0 aliphatic carbocycles. The highest BCUT2D eigenvalue weighted by Crippen LogP contribution is 2.32. The predicted molar refractivity (Wildman–Crippen MR) is 84.0 cm³/mol. The van der Waals surface area contributed by atoms with Crippen molar-refractivity contribution in [3.05, 3.63) is 29.1 Å². The molecule has 0 fully saturated rings. The molecule has 0 radical (unpaired) electrons. The number of fused-ring (bicyclic) bond motifs is 1. The molecular weight excluding hydrogens is 272 g/mol. The van der Waals surface area contributed by atoms with Gasteiger partial charge in [0.15, 0.2) is 11.5 Å². The molecular formula is C16H23ClN2O. The summed E-state index contributed by atoms with van der Waals surface area (Å²) in [5.74, 6) is 1.36. The van der Waals surface area contributed by atoms with Crippen LogP contribution in [0.3, 0.4) is 0 Å². The summed E-state index contributed by atoms with van der Waals surface area (Å²) < 4.78 is 5.76. The lowest BCUT2D eigenvalue weighted by Crippen LogP contribution is -2.24. The van der Waals surface area contributed by atoms with E-state index < -0.39 is 0 Å². The Morgan fingerprint density at radius 3 is 2.70 bits per heavy atom. The van der Waals surface area contributed by atoms with Crippen LogP contribution in [-0.4, -0.2) is 11.5 Å². The Morgan fingerprint density at radius 1 is 1.30 bits per heavy atom. The van der Waals surface area contributed by atoms with Gasteiger partial charge in [-0.15, -0.1) is 0 Å². The number of aryl methyl sites for hydroxylation is 1. The van der Waals surface area contributed by atoms with Crippen molar-refractivity contribution >= 4 is 22.7 Å². The average Bonchev–Trinajstić information content (AvgIpc) is 2.74. The van der Waals surface area contributed by atoms with Crippen molar-refractivity contribution < 1.29 is 4.42 Å². The first-order valence-electron chi connectivity index (χ1n) is 7.15. The Labute approximate surface area is 125 Å². The minimum atomic E-state index is 0.259. The van der Waals surface area contributed by atoms with Gasteiger partial charge < -0.3 is 10.2 Å². The highest BCUT2D eigenvalue weighted by Gasteiger charge is 2.24. The van der Waals surface area contributed by atoms with E-state index in [9.17, 15) is 0 Å². The van der Waals surface area contributed by atoms with Gasteiger partial charge in [0, 0.05) is 11.4 Å². The van der Waals surface area contributed by atoms with E-state index in [0.29, 0.717) is 10.9 Å². The van der Waals surface area contributed by atoms with Crippen LogP contribution in [0, 0.1) is 11.3 Å². The molecule has 1 atom stereocenters. The number of rotatable bonds is 5. The van der Waals surface area contributed by atoms with E-state index in [1.54, 1.807) is 0 Å². The highest BCUT2D eigenvalue weighted by molar-refractivity contribution is 6.31. The molecule has 3 nitrogen and oxygen atoms in total. The van der Waals surface area contributed by atoms with Gasteiger partial charge in [0.1, 0.15) is 5.52 Å². The molecule has 1 aromatic carbocycles. The van der Waals surface area contributed by atoms with E-state index in [4.69, 9.17) is 21.8 Å². The normalized spacial score (nSPS) is 13.8. The van der Waals surface area contributed by atoms with Crippen LogP contribution in [0.2, 0.25) is 5.02 Å². The summed E-state index contributed by atoms with van der Waals surface area (Å²) in [7, 11) is 0. The van der Waals surface area contributed by atoms with Crippen LogP contribution >= 0.6 is 11.6 Å². The second-order valence-corrected chi connectivity index (χ2v) is 6.84. The van der Waals surface area contributed by atoms with Gasteiger partial charge >= 0.3 is 0 Å². The first kappa shape index (κ1) is 15.3. The Kier molecular flexibility index (Phi) is 4.71. The standard InChI is InChI=1S/C16H23ClN2O/c1-16(2,3)11(8-9-18)4-7-15-19-13-10-12(17)5-6-14(13)20-15/h5-6,10-11H,4,7-9,18H2,1-3H3. The third-order valence-electron chi connectivity index (χ3n) is 3.84. The fraction of sp³-hybridized carbons (Fsp3) is 0.562. The molecule has 2 N–H and O–H groups in total. The molecule has 2 rings (SSSR count). The monoisotopic (exact) mass is 294 g/mol. The number of hydrogen-bond donors (Lipinski definition) is 1. The summed E-state index contributed by atoms with van der Waals surface area (Å²) in [6.45, 7) is 7.52. The molecule has 1 heterocycles. The summed E-state index contributed by atoms with van der Waals surface area (Å²) in [4.78, 5) is 4.51. The van der Waals surface area contributed by atoms with E-state index in [1.165, 1.54) is 0 Å². The first-order chi connectivity index (χ1) is 9.40. The maximum atomic E-state index is 5.96. The molecule has 0 aliphatic rings. The van der Waals surface area contributed by atoms with Crippen molar-refractivity contribution in [2.45, 2.75) is 40.0 Å². The summed E-state index contributed by atoms with van der Waals surface area (Å²) in [5.41, 5.74) is 7.61. The maximum Gasteiger partial charge on any atom is 0.195 e. The van der Waals surface area contributed by atoms with Gasteiger partial charge in [0.25, 0.3) is 0 Å². The number of nitrogens with two attached hydrogens (primary N) is 1. The highest BCUT2D eigenvalue weighted by atomic mass is 35.5. The lowest BCUT2D eigenvalue weighted by Gasteiger charge is -2.30. The number of aromatic nitrogens is 1. The van der Waals surface area contributed by atoms with Crippen molar-refractivity contribution in [2.75, 3.05) is 6.54 Å². The molecule has 0 aliphatic heterocycles. The van der Waals surface area contributed by atoms with Crippen molar-refractivity contribution in [1.82, 2.24) is 4.98 Å². The van der Waals surface area contributed by atoms with E-state index in [2.05, 4.69) is 25.8 Å². The minimum Gasteiger partial charge on any atom is -0.441 e. The van der Waals surface area contributed by atoms with Crippen LogP contribution in [0.1, 0.15) is 39.5 Å². The van der Waals surface area contributed by atoms with Crippen LogP contribution in [0.25, 0.3) is 11.1 Å². The topological polar surface area (TPSA) is 52.0 Å². The molecule has 0 saturated heterocycles. The Bertz CT molecular complexity index is 571. The molecule has 110 valence electrons. The number of oxazole rings is 1. The minimum absolute atomic E-state index is 0.259. The molecule has 4 heteroatoms. The van der Waals surface area contributed by atoms with Gasteiger partial charge in [-0.25, -0.2) is 4.98 Å². The fourth-order valence-electron chi connectivity index (χ4n) is 2.56. The lowest BCUT2D eigenvalue weighted by atomic mass is 9.76. The zero-order chi connectivity index (χ0) is 14.8. The lowest BCUT2D eigenvalue weighted by molar-refractivity contribution is 0.211. The van der Waals surface area contributed by atoms with Crippen molar-refractivity contribution in [2.24, 2.45) is 17.1 Å². The SMILES string of the molecule is CC(C)(C)C(CCN)CCc1nc2cc(Cl)ccc2o1. The largest absolute Gasteiger partial charge is 0.441 e. The van der Waals surface area contributed by atoms with Gasteiger partial charge in [-0.1, -0.05) is 32.4 Å². The average molecular weight is 295 g/mol. The van der Waals surface area contributed by atoms with Crippen LogP contribution in [0.5, 0.6) is 0 Å². The van der Waals surface area contributed by atoms with Crippen molar-refractivity contribution in [3.8, 4) is 0 Å². The zero-order valence-corrected chi connectivity index (χ0v) is 13.2. The summed E-state index contributed by atoms with van der Waals surface area (Å²) in [6, 6.07) is 5.53. The number of hydrogen-bond acceptors (Lipinski definition) is 3. The van der Waals surface area contributed by atoms with Crippen LogP contribution < -0.4 is 5.73 Å². The maximum absolute atomic E-state index is 5.96. The van der Waals surface area contributed by atoms with Crippen LogP contribution in [-0.2, 0) is 6.42 Å². The zero-order valence-electron chi connectivity index (χ0n) is 12.4. The van der Waals surface area contributed by atoms with Gasteiger partial charge in [0.2, 0.25) is 0 Å². The third kappa shape index (κ3) is 3.74. The molecule has 0 saturated carbocycles. The quantitative estimate of drug-likeness (QED) is 0.888. The van der Waals surface area contributed by atoms with E-state index in [0.717, 1.165) is 42.8 Å². The van der Waals surface area contributed by atoms with Crippen LogP contribution in [0.4, 0.5) is 0 Å². The van der Waals surface area contributed by atoms with Crippen LogP contribution in [0.15, 0.2) is 22.6 Å². The van der Waals surface area contributed by atoms with E-state index in [-0.39, 0.29) is 5.41 Å². The van der Waals surface area contributed by atoms with E-state index >= 15 is 0 Å². The molecule has 1 aromatic heterocycles. The third-order valence-corrected chi connectivity index (χ3v) is 4.08. The Morgan fingerprint density at radius 2 is 2.05 bits per heavy atom. The van der Waals surface area contributed by atoms with Gasteiger partial charge in [-0.05, 0) is 48.9 Å². The van der Waals surface area contributed by atoms with E-state index in [1.807, 2.05) is 18.2 Å². The van der Waals surface area contributed by atoms with Crippen molar-refractivity contribution in [3.63, 3.8) is 0 Å².